The van der Waals surface area contributed by atoms with Gasteiger partial charge in [-0.05, 0) is 12.1 Å². The number of carbonyl (C=O) groups is 3. The minimum Gasteiger partial charge on any atom is -1.00 e. The van der Waals surface area contributed by atoms with Gasteiger partial charge >= 0.3 is 47.5 Å². The second kappa shape index (κ2) is 5.64. The molecular weight excluding hydrogens is 227 g/mol. The molecule has 0 fully saturated rings. The SMILES string of the molecule is O=C(O)c1cccc(C(=O)O)c1C(=O)O.[H-].[Na+]. The summed E-state index contributed by atoms with van der Waals surface area (Å²) in [5.74, 6) is -4.53. The Labute approximate surface area is 113 Å². The largest absolute Gasteiger partial charge is 1.00 e. The van der Waals surface area contributed by atoms with Crippen molar-refractivity contribution in [1.29, 1.82) is 0 Å². The van der Waals surface area contributed by atoms with Crippen LogP contribution in [0.4, 0.5) is 0 Å². The van der Waals surface area contributed by atoms with Crippen LogP contribution >= 0.6 is 0 Å². The predicted molar refractivity (Wildman–Crippen MR) is 48.4 cm³/mol. The Morgan fingerprint density at radius 1 is 0.875 bits per heavy atom. The minimum atomic E-state index is -1.58. The van der Waals surface area contributed by atoms with Gasteiger partial charge in [0.25, 0.3) is 0 Å². The zero-order valence-corrected chi connectivity index (χ0v) is 10.3. The van der Waals surface area contributed by atoms with Crippen LogP contribution < -0.4 is 29.6 Å². The summed E-state index contributed by atoms with van der Waals surface area (Å²) in [7, 11) is 0. The minimum absolute atomic E-state index is 0. The third-order valence-electron chi connectivity index (χ3n) is 1.74. The second-order valence-corrected chi connectivity index (χ2v) is 2.64. The van der Waals surface area contributed by atoms with Crippen molar-refractivity contribution in [3.05, 3.63) is 34.9 Å². The molecule has 0 saturated carbocycles. The van der Waals surface area contributed by atoms with E-state index in [-0.39, 0.29) is 31.0 Å². The van der Waals surface area contributed by atoms with Gasteiger partial charge in [-0.2, -0.15) is 0 Å². The van der Waals surface area contributed by atoms with E-state index in [4.69, 9.17) is 15.3 Å². The Kier molecular flexibility index (Phi) is 5.16. The number of hydrogen-bond acceptors (Lipinski definition) is 3. The van der Waals surface area contributed by atoms with Crippen LogP contribution in [0.25, 0.3) is 0 Å². The summed E-state index contributed by atoms with van der Waals surface area (Å²) in [4.78, 5) is 32.0. The summed E-state index contributed by atoms with van der Waals surface area (Å²) >= 11 is 0. The third-order valence-corrected chi connectivity index (χ3v) is 1.74. The first-order valence-electron chi connectivity index (χ1n) is 3.78. The molecule has 0 unspecified atom stereocenters. The maximum Gasteiger partial charge on any atom is 1.00 e. The maximum atomic E-state index is 10.7. The summed E-state index contributed by atoms with van der Waals surface area (Å²) < 4.78 is 0. The van der Waals surface area contributed by atoms with Crippen molar-refractivity contribution < 1.29 is 60.7 Å². The topological polar surface area (TPSA) is 112 Å². The zero-order chi connectivity index (χ0) is 11.6. The van der Waals surface area contributed by atoms with Crippen LogP contribution in [-0.2, 0) is 0 Å². The van der Waals surface area contributed by atoms with Crippen molar-refractivity contribution in [2.45, 2.75) is 0 Å². The van der Waals surface area contributed by atoms with E-state index in [1.807, 2.05) is 0 Å². The normalized spacial score (nSPS) is 9.00. The molecule has 80 valence electrons. The van der Waals surface area contributed by atoms with Crippen LogP contribution in [-0.4, -0.2) is 33.2 Å². The molecule has 1 rings (SSSR count). The summed E-state index contributed by atoms with van der Waals surface area (Å²) in [5.41, 5.74) is -1.79. The average Bonchev–Trinajstić information content (AvgIpc) is 2.16. The molecule has 3 N–H and O–H groups in total. The maximum absolute atomic E-state index is 10.7. The van der Waals surface area contributed by atoms with Gasteiger partial charge in [0.2, 0.25) is 0 Å². The molecular formula is C9H7NaO6. The number of rotatable bonds is 3. The standard InChI is InChI=1S/C9H6O6.Na.H/c10-7(11)4-2-1-3-5(8(12)13)6(4)9(14)15;;/h1-3H,(H,10,11)(H,12,13)(H,14,15);;/q;+1;-1. The average molecular weight is 234 g/mol. The Morgan fingerprint density at radius 2 is 1.25 bits per heavy atom. The van der Waals surface area contributed by atoms with E-state index in [1.165, 1.54) is 6.07 Å². The summed E-state index contributed by atoms with van der Waals surface area (Å²) in [6.45, 7) is 0. The van der Waals surface area contributed by atoms with E-state index in [0.29, 0.717) is 0 Å². The van der Waals surface area contributed by atoms with Crippen molar-refractivity contribution >= 4 is 17.9 Å². The zero-order valence-electron chi connectivity index (χ0n) is 9.30. The molecule has 7 heteroatoms. The number of hydrogen-bond donors (Lipinski definition) is 3. The summed E-state index contributed by atoms with van der Waals surface area (Å²) in [6, 6.07) is 3.26. The number of benzene rings is 1. The molecule has 1 aromatic rings. The van der Waals surface area contributed by atoms with Crippen LogP contribution in [0.5, 0.6) is 0 Å². The summed E-state index contributed by atoms with van der Waals surface area (Å²) in [6.07, 6.45) is 0. The molecule has 16 heavy (non-hydrogen) atoms. The molecule has 0 saturated heterocycles. The molecule has 0 aliphatic carbocycles. The monoisotopic (exact) mass is 234 g/mol. The second-order valence-electron chi connectivity index (χ2n) is 2.64. The molecule has 0 bridgehead atoms. The van der Waals surface area contributed by atoms with Gasteiger partial charge in [-0.3, -0.25) is 0 Å². The van der Waals surface area contributed by atoms with Crippen LogP contribution in [0.2, 0.25) is 0 Å². The molecule has 0 spiro atoms. The smallest absolute Gasteiger partial charge is 1.00 e. The Morgan fingerprint density at radius 3 is 1.50 bits per heavy atom. The van der Waals surface area contributed by atoms with E-state index in [2.05, 4.69) is 0 Å². The van der Waals surface area contributed by atoms with Gasteiger partial charge in [-0.1, -0.05) is 6.07 Å². The molecule has 0 aliphatic heterocycles. The number of carboxylic acids is 3. The van der Waals surface area contributed by atoms with Crippen molar-refractivity contribution in [2.24, 2.45) is 0 Å². The van der Waals surface area contributed by atoms with Crippen LogP contribution in [0.1, 0.15) is 32.5 Å². The Hall–Kier alpha value is -1.37. The van der Waals surface area contributed by atoms with Crippen molar-refractivity contribution in [3.63, 3.8) is 0 Å². The van der Waals surface area contributed by atoms with Crippen LogP contribution in [0, 0.1) is 0 Å². The van der Waals surface area contributed by atoms with Gasteiger partial charge < -0.3 is 16.7 Å². The van der Waals surface area contributed by atoms with Crippen LogP contribution in [0.3, 0.4) is 0 Å². The van der Waals surface area contributed by atoms with E-state index in [1.54, 1.807) is 0 Å². The van der Waals surface area contributed by atoms with E-state index in [0.717, 1.165) is 12.1 Å². The Bertz CT molecular complexity index is 427. The first-order valence-corrected chi connectivity index (χ1v) is 3.78. The molecule has 0 atom stereocenters. The molecule has 0 radical (unpaired) electrons. The molecule has 0 aliphatic rings. The fourth-order valence-corrected chi connectivity index (χ4v) is 1.14. The molecule has 6 nitrogen and oxygen atoms in total. The number of aromatic carboxylic acids is 3. The van der Waals surface area contributed by atoms with Crippen molar-refractivity contribution in [2.75, 3.05) is 0 Å². The fraction of sp³-hybridized carbons (Fsp3) is 0. The quantitative estimate of drug-likeness (QED) is 0.516. The van der Waals surface area contributed by atoms with E-state index >= 15 is 0 Å². The van der Waals surface area contributed by atoms with Gasteiger partial charge in [0, 0.05) is 0 Å². The first-order chi connectivity index (χ1) is 6.95. The molecule has 0 amide bonds. The van der Waals surface area contributed by atoms with Gasteiger partial charge in [-0.15, -0.1) is 0 Å². The first kappa shape index (κ1) is 14.6. The van der Waals surface area contributed by atoms with E-state index < -0.39 is 34.6 Å². The molecule has 0 aromatic heterocycles. The Balaban J connectivity index is 0. The van der Waals surface area contributed by atoms with Gasteiger partial charge in [-0.25, -0.2) is 14.4 Å². The van der Waals surface area contributed by atoms with Gasteiger partial charge in [0.05, 0.1) is 16.7 Å². The molecule has 0 heterocycles. The van der Waals surface area contributed by atoms with Crippen molar-refractivity contribution in [3.8, 4) is 0 Å². The van der Waals surface area contributed by atoms with Gasteiger partial charge in [0.15, 0.2) is 0 Å². The fourth-order valence-electron chi connectivity index (χ4n) is 1.14. The third kappa shape index (κ3) is 2.82. The molecule has 1 aromatic carbocycles. The van der Waals surface area contributed by atoms with Crippen molar-refractivity contribution in [1.82, 2.24) is 0 Å². The van der Waals surface area contributed by atoms with Crippen LogP contribution in [0.15, 0.2) is 18.2 Å². The van der Waals surface area contributed by atoms with E-state index in [9.17, 15) is 14.4 Å². The van der Waals surface area contributed by atoms with Gasteiger partial charge in [0.1, 0.15) is 0 Å². The number of carboxylic acid groups (broad SMARTS) is 3. The summed E-state index contributed by atoms with van der Waals surface area (Å²) in [5, 5.41) is 26.0. The predicted octanol–water partition coefficient (Wildman–Crippen LogP) is -2.10.